The molecule has 1 heterocycles. The van der Waals surface area contributed by atoms with Crippen molar-refractivity contribution in [1.82, 2.24) is 15.5 Å². The zero-order valence-corrected chi connectivity index (χ0v) is 13.6. The number of likely N-dealkylation sites (tertiary alicyclic amines) is 1. The van der Waals surface area contributed by atoms with Gasteiger partial charge in [-0.25, -0.2) is 0 Å². The van der Waals surface area contributed by atoms with Crippen molar-refractivity contribution < 1.29 is 4.79 Å². The normalized spacial score (nSPS) is 18.1. The third-order valence-corrected chi connectivity index (χ3v) is 3.94. The second-order valence-corrected chi connectivity index (χ2v) is 6.31. The molecule has 1 aliphatic heterocycles. The summed E-state index contributed by atoms with van der Waals surface area (Å²) in [5, 5.41) is 6.23. The van der Waals surface area contributed by atoms with Gasteiger partial charge in [0.25, 0.3) is 0 Å². The first-order valence-electron chi connectivity index (χ1n) is 7.64. The van der Waals surface area contributed by atoms with Crippen molar-refractivity contribution in [3.63, 3.8) is 0 Å². The molecule has 0 aliphatic carbocycles. The summed E-state index contributed by atoms with van der Waals surface area (Å²) >= 11 is 0. The number of carbonyl (C=O) groups excluding carboxylic acids is 1. The molecule has 1 saturated heterocycles. The van der Waals surface area contributed by atoms with Crippen molar-refractivity contribution in [2.75, 3.05) is 33.2 Å². The summed E-state index contributed by atoms with van der Waals surface area (Å²) in [5.74, 6) is 1.79. The van der Waals surface area contributed by atoms with Gasteiger partial charge in [0, 0.05) is 33.2 Å². The Morgan fingerprint density at radius 3 is 2.40 bits per heavy atom. The van der Waals surface area contributed by atoms with E-state index in [1.54, 1.807) is 7.05 Å². The number of aliphatic imine (C=N–C) groups is 1. The molecule has 1 rings (SSSR count). The average Bonchev–Trinajstić information content (AvgIpc) is 2.41. The van der Waals surface area contributed by atoms with E-state index in [1.807, 2.05) is 20.8 Å². The molecule has 116 valence electrons. The van der Waals surface area contributed by atoms with Crippen molar-refractivity contribution in [3.05, 3.63) is 0 Å². The smallest absolute Gasteiger partial charge is 0.227 e. The highest BCUT2D eigenvalue weighted by Crippen LogP contribution is 2.17. The van der Waals surface area contributed by atoms with E-state index in [0.29, 0.717) is 13.1 Å². The van der Waals surface area contributed by atoms with Gasteiger partial charge < -0.3 is 15.5 Å². The third-order valence-electron chi connectivity index (χ3n) is 3.94. The molecule has 1 fully saturated rings. The van der Waals surface area contributed by atoms with Crippen molar-refractivity contribution in [1.29, 1.82) is 0 Å². The Bertz CT molecular complexity index is 344. The molecule has 1 amide bonds. The maximum Gasteiger partial charge on any atom is 0.227 e. The lowest BCUT2D eigenvalue weighted by Crippen LogP contribution is -2.50. The van der Waals surface area contributed by atoms with Crippen LogP contribution in [0.1, 0.15) is 40.5 Å². The Labute approximate surface area is 123 Å². The fourth-order valence-corrected chi connectivity index (χ4v) is 2.33. The average molecular weight is 282 g/mol. The van der Waals surface area contributed by atoms with Crippen molar-refractivity contribution in [2.24, 2.45) is 16.3 Å². The summed E-state index contributed by atoms with van der Waals surface area (Å²) in [6.45, 7) is 11.5. The molecule has 0 aromatic rings. The molecule has 0 atom stereocenters. The maximum absolute atomic E-state index is 12.0. The van der Waals surface area contributed by atoms with E-state index in [2.05, 4.69) is 27.4 Å². The van der Waals surface area contributed by atoms with Gasteiger partial charge in [0.05, 0.1) is 5.41 Å². The van der Waals surface area contributed by atoms with Gasteiger partial charge in [0.1, 0.15) is 0 Å². The van der Waals surface area contributed by atoms with Gasteiger partial charge >= 0.3 is 0 Å². The van der Waals surface area contributed by atoms with Crippen LogP contribution in [-0.4, -0.2) is 50.0 Å². The number of hydrogen-bond donors (Lipinski definition) is 2. The summed E-state index contributed by atoms with van der Waals surface area (Å²) in [4.78, 5) is 18.6. The summed E-state index contributed by atoms with van der Waals surface area (Å²) in [5.41, 5.74) is -0.435. The molecule has 0 aromatic carbocycles. The molecule has 20 heavy (non-hydrogen) atoms. The highest BCUT2D eigenvalue weighted by Gasteiger charge is 2.28. The Hall–Kier alpha value is -1.26. The van der Waals surface area contributed by atoms with Crippen molar-refractivity contribution >= 4 is 11.9 Å². The van der Waals surface area contributed by atoms with E-state index in [0.717, 1.165) is 25.0 Å². The van der Waals surface area contributed by atoms with E-state index in [4.69, 9.17) is 0 Å². The number of guanidine groups is 1. The lowest BCUT2D eigenvalue weighted by atomic mass is 9.92. The van der Waals surface area contributed by atoms with Crippen LogP contribution in [0.4, 0.5) is 0 Å². The van der Waals surface area contributed by atoms with E-state index in [-0.39, 0.29) is 5.91 Å². The predicted molar refractivity (Wildman–Crippen MR) is 83.8 cm³/mol. The van der Waals surface area contributed by atoms with Crippen LogP contribution >= 0.6 is 0 Å². The molecular formula is C15H30N4O. The molecule has 2 N–H and O–H groups in total. The zero-order chi connectivity index (χ0) is 15.2. The van der Waals surface area contributed by atoms with Crippen LogP contribution in [0.5, 0.6) is 0 Å². The molecule has 0 saturated carbocycles. The largest absolute Gasteiger partial charge is 0.356 e. The van der Waals surface area contributed by atoms with Crippen molar-refractivity contribution in [2.45, 2.75) is 40.5 Å². The van der Waals surface area contributed by atoms with Gasteiger partial charge in [-0.15, -0.1) is 0 Å². The minimum atomic E-state index is -0.435. The summed E-state index contributed by atoms with van der Waals surface area (Å²) in [6.07, 6.45) is 2.42. The lowest BCUT2D eigenvalue weighted by molar-refractivity contribution is -0.128. The van der Waals surface area contributed by atoms with Crippen molar-refractivity contribution in [3.8, 4) is 0 Å². The summed E-state index contributed by atoms with van der Waals surface area (Å²) < 4.78 is 0. The number of nitrogens with zero attached hydrogens (tertiary/aromatic N) is 2. The summed E-state index contributed by atoms with van der Waals surface area (Å²) in [6, 6.07) is 0. The van der Waals surface area contributed by atoms with Gasteiger partial charge in [-0.2, -0.15) is 0 Å². The number of piperidine rings is 1. The van der Waals surface area contributed by atoms with Gasteiger partial charge in [-0.05, 0) is 39.5 Å². The second kappa shape index (κ2) is 7.50. The van der Waals surface area contributed by atoms with Crippen LogP contribution in [0.3, 0.4) is 0 Å². The van der Waals surface area contributed by atoms with Crippen LogP contribution in [0.25, 0.3) is 0 Å². The topological polar surface area (TPSA) is 56.7 Å². The number of rotatable bonds is 4. The molecule has 0 radical (unpaired) electrons. The predicted octanol–water partition coefficient (Wildman–Crippen LogP) is 1.46. The summed E-state index contributed by atoms with van der Waals surface area (Å²) in [7, 11) is 1.81. The molecule has 0 spiro atoms. The number of amides is 1. The molecule has 0 unspecified atom stereocenters. The molecule has 0 bridgehead atoms. The zero-order valence-electron chi connectivity index (χ0n) is 13.6. The van der Waals surface area contributed by atoms with Crippen LogP contribution in [0.2, 0.25) is 0 Å². The SMILES string of the molecule is CCNC(=O)C(C)(C)CNC(=NC)N1CCC(C)CC1. The fourth-order valence-electron chi connectivity index (χ4n) is 2.33. The van der Waals surface area contributed by atoms with Crippen LogP contribution in [0, 0.1) is 11.3 Å². The lowest BCUT2D eigenvalue weighted by Gasteiger charge is -2.34. The number of hydrogen-bond acceptors (Lipinski definition) is 2. The second-order valence-electron chi connectivity index (χ2n) is 6.31. The van der Waals surface area contributed by atoms with E-state index in [9.17, 15) is 4.79 Å². The Kier molecular flexibility index (Phi) is 6.30. The quantitative estimate of drug-likeness (QED) is 0.606. The van der Waals surface area contributed by atoms with Gasteiger partial charge in [-0.3, -0.25) is 9.79 Å². The fraction of sp³-hybridized carbons (Fsp3) is 0.867. The minimum Gasteiger partial charge on any atom is -0.356 e. The van der Waals surface area contributed by atoms with Gasteiger partial charge in [0.2, 0.25) is 5.91 Å². The standard InChI is InChI=1S/C15H30N4O/c1-6-17-13(20)15(3,4)11-18-14(16-5)19-9-7-12(2)8-10-19/h12H,6-11H2,1-5H3,(H,16,18)(H,17,20). The monoisotopic (exact) mass is 282 g/mol. The van der Waals surface area contributed by atoms with Gasteiger partial charge in [-0.1, -0.05) is 6.92 Å². The Morgan fingerprint density at radius 2 is 1.90 bits per heavy atom. The molecule has 1 aliphatic rings. The van der Waals surface area contributed by atoms with Crippen LogP contribution < -0.4 is 10.6 Å². The minimum absolute atomic E-state index is 0.0789. The van der Waals surface area contributed by atoms with E-state index >= 15 is 0 Å². The molecular weight excluding hydrogens is 252 g/mol. The van der Waals surface area contributed by atoms with Gasteiger partial charge in [0.15, 0.2) is 5.96 Å². The Morgan fingerprint density at radius 1 is 1.30 bits per heavy atom. The molecule has 5 nitrogen and oxygen atoms in total. The van der Waals surface area contributed by atoms with Crippen LogP contribution in [0.15, 0.2) is 4.99 Å². The number of carbonyl (C=O) groups is 1. The highest BCUT2D eigenvalue weighted by atomic mass is 16.2. The van der Waals surface area contributed by atoms with E-state index in [1.165, 1.54) is 12.8 Å². The first kappa shape index (κ1) is 16.8. The molecule has 5 heteroatoms. The Balaban J connectivity index is 2.51. The third kappa shape index (κ3) is 4.69. The number of nitrogens with one attached hydrogen (secondary N) is 2. The first-order chi connectivity index (χ1) is 9.40. The highest BCUT2D eigenvalue weighted by molar-refractivity contribution is 5.84. The first-order valence-corrected chi connectivity index (χ1v) is 7.64. The van der Waals surface area contributed by atoms with Crippen LogP contribution in [-0.2, 0) is 4.79 Å². The maximum atomic E-state index is 12.0. The van der Waals surface area contributed by atoms with E-state index < -0.39 is 5.41 Å². The molecule has 0 aromatic heterocycles.